The van der Waals surface area contributed by atoms with Crippen LogP contribution in [-0.2, 0) is 28.0 Å². The molecular formula is C37H43ClN4O3. The van der Waals surface area contributed by atoms with Crippen molar-refractivity contribution in [1.82, 2.24) is 19.4 Å². The van der Waals surface area contributed by atoms with Crippen LogP contribution in [0, 0.1) is 5.92 Å². The topological polar surface area (TPSA) is 70.8 Å². The summed E-state index contributed by atoms with van der Waals surface area (Å²) in [7, 11) is 0. The minimum absolute atomic E-state index is 0.0365. The van der Waals surface area contributed by atoms with E-state index in [0.29, 0.717) is 37.8 Å². The molecule has 1 unspecified atom stereocenters. The van der Waals surface area contributed by atoms with E-state index in [9.17, 15) is 9.90 Å². The van der Waals surface area contributed by atoms with Gasteiger partial charge in [0.25, 0.3) is 0 Å². The number of hydrogen-bond acceptors (Lipinski definition) is 6. The van der Waals surface area contributed by atoms with Gasteiger partial charge in [-0.25, -0.2) is 4.98 Å². The van der Waals surface area contributed by atoms with E-state index in [4.69, 9.17) is 21.3 Å². The van der Waals surface area contributed by atoms with Crippen molar-refractivity contribution in [3.63, 3.8) is 0 Å². The Balaban J connectivity index is 1.25. The number of aliphatic hydroxyl groups is 1. The third-order valence-electron chi connectivity index (χ3n) is 9.62. The SMILES string of the molecule is CCOC(=O)C1CCCN([C@@H](O)c2c(CN3CCC(c4ccccc4)(c4ccccc4)CC3)ncn2Cc2ccc(Cl)cc2)C1. The van der Waals surface area contributed by atoms with Gasteiger partial charge in [0, 0.05) is 36.6 Å². The zero-order valence-corrected chi connectivity index (χ0v) is 26.8. The number of likely N-dealkylation sites (tertiary alicyclic amines) is 2. The quantitative estimate of drug-likeness (QED) is 0.205. The lowest BCUT2D eigenvalue weighted by Gasteiger charge is -2.43. The second-order valence-electron chi connectivity index (χ2n) is 12.4. The molecule has 0 radical (unpaired) electrons. The number of imidazole rings is 1. The first kappa shape index (κ1) is 31.5. The first-order chi connectivity index (χ1) is 22.0. The summed E-state index contributed by atoms with van der Waals surface area (Å²) in [5, 5.41) is 12.6. The highest BCUT2D eigenvalue weighted by Gasteiger charge is 2.39. The van der Waals surface area contributed by atoms with Crippen LogP contribution >= 0.6 is 11.6 Å². The molecule has 236 valence electrons. The van der Waals surface area contributed by atoms with Crippen molar-refractivity contribution in [2.45, 2.75) is 57.3 Å². The number of ether oxygens (including phenoxy) is 1. The van der Waals surface area contributed by atoms with Gasteiger partial charge in [0.15, 0.2) is 6.23 Å². The van der Waals surface area contributed by atoms with Gasteiger partial charge in [-0.15, -0.1) is 0 Å². The summed E-state index contributed by atoms with van der Waals surface area (Å²) in [6, 6.07) is 29.6. The van der Waals surface area contributed by atoms with E-state index in [1.54, 1.807) is 0 Å². The molecule has 0 amide bonds. The summed E-state index contributed by atoms with van der Waals surface area (Å²) < 4.78 is 7.39. The molecule has 2 aliphatic rings. The number of carbonyl (C=O) groups is 1. The van der Waals surface area contributed by atoms with E-state index >= 15 is 0 Å². The summed E-state index contributed by atoms with van der Waals surface area (Å²) in [4.78, 5) is 22.0. The molecule has 2 aliphatic heterocycles. The number of aliphatic hydroxyl groups excluding tert-OH is 1. The smallest absolute Gasteiger partial charge is 0.310 e. The molecule has 0 saturated carbocycles. The summed E-state index contributed by atoms with van der Waals surface area (Å²) in [5.41, 5.74) is 5.43. The number of piperidine rings is 2. The Morgan fingerprint density at radius 3 is 2.22 bits per heavy atom. The summed E-state index contributed by atoms with van der Waals surface area (Å²) >= 11 is 6.16. The van der Waals surface area contributed by atoms with Crippen molar-refractivity contribution >= 4 is 17.6 Å². The van der Waals surface area contributed by atoms with E-state index in [2.05, 4.69) is 70.1 Å². The van der Waals surface area contributed by atoms with E-state index in [1.165, 1.54) is 11.1 Å². The van der Waals surface area contributed by atoms with Crippen LogP contribution in [0.4, 0.5) is 0 Å². The van der Waals surface area contributed by atoms with Crippen molar-refractivity contribution in [1.29, 1.82) is 0 Å². The highest BCUT2D eigenvalue weighted by molar-refractivity contribution is 6.30. The molecule has 0 spiro atoms. The number of nitrogens with zero attached hydrogens (tertiary/aromatic N) is 4. The lowest BCUT2D eigenvalue weighted by Crippen LogP contribution is -2.44. The van der Waals surface area contributed by atoms with Crippen molar-refractivity contribution in [3.05, 3.63) is 124 Å². The van der Waals surface area contributed by atoms with Crippen LogP contribution in [0.25, 0.3) is 0 Å². The highest BCUT2D eigenvalue weighted by Crippen LogP contribution is 2.42. The molecule has 3 heterocycles. The Kier molecular flexibility index (Phi) is 10.0. The largest absolute Gasteiger partial charge is 0.466 e. The molecule has 2 fully saturated rings. The van der Waals surface area contributed by atoms with Crippen LogP contribution in [-0.4, -0.2) is 63.2 Å². The van der Waals surface area contributed by atoms with Crippen LogP contribution in [0.2, 0.25) is 5.02 Å². The number of esters is 1. The maximum atomic E-state index is 12.6. The Morgan fingerprint density at radius 1 is 0.956 bits per heavy atom. The molecule has 7 nitrogen and oxygen atoms in total. The lowest BCUT2D eigenvalue weighted by atomic mass is 9.68. The normalized spacial score (nSPS) is 19.7. The summed E-state index contributed by atoms with van der Waals surface area (Å²) in [5.74, 6) is -0.423. The molecule has 0 aliphatic carbocycles. The van der Waals surface area contributed by atoms with E-state index < -0.39 is 6.23 Å². The minimum Gasteiger partial charge on any atom is -0.466 e. The molecule has 3 aromatic carbocycles. The molecule has 2 saturated heterocycles. The van der Waals surface area contributed by atoms with E-state index in [0.717, 1.165) is 55.7 Å². The molecule has 6 rings (SSSR count). The first-order valence-corrected chi connectivity index (χ1v) is 16.5. The van der Waals surface area contributed by atoms with E-state index in [-0.39, 0.29) is 17.3 Å². The zero-order valence-electron chi connectivity index (χ0n) is 26.0. The number of halogens is 1. The molecule has 2 atom stereocenters. The van der Waals surface area contributed by atoms with Gasteiger partial charge in [-0.2, -0.15) is 0 Å². The summed E-state index contributed by atoms with van der Waals surface area (Å²) in [6.45, 7) is 6.41. The van der Waals surface area contributed by atoms with Gasteiger partial charge < -0.3 is 14.4 Å². The van der Waals surface area contributed by atoms with Gasteiger partial charge in [0.2, 0.25) is 0 Å². The summed E-state index contributed by atoms with van der Waals surface area (Å²) in [6.07, 6.45) is 4.56. The second kappa shape index (κ2) is 14.3. The van der Waals surface area contributed by atoms with Crippen molar-refractivity contribution in [2.75, 3.05) is 32.8 Å². The Morgan fingerprint density at radius 2 is 1.60 bits per heavy atom. The van der Waals surface area contributed by atoms with Gasteiger partial charge in [-0.05, 0) is 74.5 Å². The predicted molar refractivity (Wildman–Crippen MR) is 177 cm³/mol. The fourth-order valence-corrected chi connectivity index (χ4v) is 7.31. The van der Waals surface area contributed by atoms with Gasteiger partial charge in [-0.3, -0.25) is 14.6 Å². The molecule has 1 N–H and O–H groups in total. The van der Waals surface area contributed by atoms with Crippen LogP contribution in [0.5, 0.6) is 0 Å². The van der Waals surface area contributed by atoms with Crippen LogP contribution in [0.15, 0.2) is 91.3 Å². The van der Waals surface area contributed by atoms with Gasteiger partial charge >= 0.3 is 5.97 Å². The van der Waals surface area contributed by atoms with Crippen LogP contribution in [0.3, 0.4) is 0 Å². The highest BCUT2D eigenvalue weighted by atomic mass is 35.5. The monoisotopic (exact) mass is 626 g/mol. The molecule has 8 heteroatoms. The Labute approximate surface area is 271 Å². The fourth-order valence-electron chi connectivity index (χ4n) is 7.18. The molecule has 0 bridgehead atoms. The third-order valence-corrected chi connectivity index (χ3v) is 9.88. The number of rotatable bonds is 10. The number of hydrogen-bond donors (Lipinski definition) is 1. The molecule has 4 aromatic rings. The average Bonchev–Trinajstić information content (AvgIpc) is 3.48. The predicted octanol–water partition coefficient (Wildman–Crippen LogP) is 6.43. The lowest BCUT2D eigenvalue weighted by molar-refractivity contribution is -0.151. The molecule has 1 aromatic heterocycles. The van der Waals surface area contributed by atoms with Crippen LogP contribution < -0.4 is 0 Å². The standard InChI is InChI=1S/C37H43ClN4O3/c1-2-45-36(44)29-10-9-21-41(25-29)35(43)34-33(39-27-42(34)24-28-15-17-32(38)18-16-28)26-40-22-19-37(20-23-40,30-11-5-3-6-12-30)31-13-7-4-8-14-31/h3-8,11-18,27,29,35,43H,2,9-10,19-26H2,1H3/t29?,35-/m0/s1. The van der Waals surface area contributed by atoms with Crippen LogP contribution in [0.1, 0.15) is 66.9 Å². The average molecular weight is 627 g/mol. The fraction of sp³-hybridized carbons (Fsp3) is 0.405. The number of benzene rings is 3. The minimum atomic E-state index is -0.885. The molecule has 45 heavy (non-hydrogen) atoms. The van der Waals surface area contributed by atoms with Crippen molar-refractivity contribution < 1.29 is 14.6 Å². The zero-order chi connectivity index (χ0) is 31.2. The maximum Gasteiger partial charge on any atom is 0.310 e. The second-order valence-corrected chi connectivity index (χ2v) is 12.8. The Bertz CT molecular complexity index is 1490. The van der Waals surface area contributed by atoms with Crippen molar-refractivity contribution in [2.24, 2.45) is 5.92 Å². The number of aromatic nitrogens is 2. The van der Waals surface area contributed by atoms with E-state index in [1.807, 2.05) is 42.4 Å². The van der Waals surface area contributed by atoms with Crippen molar-refractivity contribution in [3.8, 4) is 0 Å². The molecular weight excluding hydrogens is 584 g/mol. The van der Waals surface area contributed by atoms with Gasteiger partial charge in [0.1, 0.15) is 0 Å². The maximum absolute atomic E-state index is 12.6. The van der Waals surface area contributed by atoms with Gasteiger partial charge in [-0.1, -0.05) is 84.4 Å². The third kappa shape index (κ3) is 7.02. The first-order valence-electron chi connectivity index (χ1n) is 16.2. The Hall–Kier alpha value is -3.49. The van der Waals surface area contributed by atoms with Gasteiger partial charge in [0.05, 0.1) is 30.2 Å². The number of carbonyl (C=O) groups excluding carboxylic acids is 1.